The number of ketones is 3. The van der Waals surface area contributed by atoms with E-state index in [0.717, 1.165) is 69.4 Å². The van der Waals surface area contributed by atoms with E-state index in [-0.39, 0.29) is 16.7 Å². The Bertz CT molecular complexity index is 4330. The minimum absolute atomic E-state index is 0.173. The number of nitrogens with two attached hydrogens (primary N) is 1. The first-order valence-electron chi connectivity index (χ1n) is 35.5. The van der Waals surface area contributed by atoms with E-state index in [0.29, 0.717) is 34.1 Å². The van der Waals surface area contributed by atoms with E-state index in [2.05, 4.69) is 55.7 Å². The molecule has 1 fully saturated rings. The van der Waals surface area contributed by atoms with Crippen molar-refractivity contribution in [3.05, 3.63) is 120 Å². The summed E-state index contributed by atoms with van der Waals surface area (Å²) in [6, 6.07) is 1.69. The Balaban J connectivity index is 1.52. The predicted octanol–water partition coefficient (Wildman–Crippen LogP) is 0.599. The predicted molar refractivity (Wildman–Crippen MR) is 391 cm³/mol. The second-order valence-electron chi connectivity index (χ2n) is 27.1. The number of rotatable bonds is 28. The highest BCUT2D eigenvalue weighted by molar-refractivity contribution is 6.06. The number of aliphatic hydroxyl groups excluding tert-OH is 2. The third kappa shape index (κ3) is 27.3. The van der Waals surface area contributed by atoms with Crippen LogP contribution in [0, 0.1) is 17.8 Å². The number of carboxylic acids is 4. The van der Waals surface area contributed by atoms with Crippen LogP contribution in [0.5, 0.6) is 5.75 Å². The summed E-state index contributed by atoms with van der Waals surface area (Å²) >= 11 is 0. The Morgan fingerprint density at radius 3 is 1.88 bits per heavy atom. The van der Waals surface area contributed by atoms with Crippen LogP contribution in [0.3, 0.4) is 0 Å². The Morgan fingerprint density at radius 2 is 1.24 bits per heavy atom. The minimum Gasteiger partial charge on any atom is -0.508 e. The number of cyclic esters (lactones) is 1. The number of H-pyrrole nitrogens is 2. The molecule has 36 nitrogen and oxygen atoms in total. The fourth-order valence-corrected chi connectivity index (χ4v) is 12.0. The van der Waals surface area contributed by atoms with Crippen LogP contribution < -0.4 is 48.3 Å². The number of allylic oxidation sites excluding steroid dienone is 2. The van der Waals surface area contributed by atoms with Gasteiger partial charge in [0.05, 0.1) is 56.3 Å². The number of phenols is 1. The number of Topliss-reactive ketones (excluding diaryl/α,β-unsaturated/α-hetero) is 2. The van der Waals surface area contributed by atoms with Crippen molar-refractivity contribution in [1.82, 2.24) is 52.5 Å². The Kier molecular flexibility index (Phi) is 33.3. The van der Waals surface area contributed by atoms with Gasteiger partial charge in [0.25, 0.3) is 0 Å². The molecule has 2 aromatic heterocycles. The second-order valence-corrected chi connectivity index (χ2v) is 27.1. The molecule has 6 rings (SSSR count). The SMILES string of the molecule is CC(C)CCCCCC/C=C/C(=O)C[C@@H](CO)C(=O)N[C@@H]1C(=O)N[C@H](Cc2c[nH]c3ccccc23)C(=O)N[C@@H](CC(=O)O)C(=O)C[C@@H](CC(=O)O)C(=O)N[C@H](c2ccc(O)cc2)C(=O)N[C@@H](CC(=O)O)C(=O)NCC(=O)N[C@H]([C@H](O)C(N)=O)C(=O)N[C@H](CCC(=O)O)C(=O)C/C(=C\c2c[nH]c3ccccc23)C(=O)O[C@@H]1C. The standard InChI is InChI=1S/C75H91N11O25/c1-38(2)14-8-6-4-5-7-9-15-47(89)27-45(37-87)69(104)85-63-39(3)111-75(110)42(26-43-34-77-50-18-12-10-16-48(43)50)30-56(90)52(24-25-59(93)94)80-74(109)65(66(101)67(76)102)84-58(92)36-79-70(105)55(33-62(99)100)83-73(108)64(40-20-22-46(88)23-21-40)86-68(103)41(31-60(95)96)29-57(91)53(32-61(97)98)81-71(106)54(82-72(63)107)28-44-35-78-51-19-13-11-17-49(44)51/h9-13,15-23,26,34-35,38-39,41,45,52-55,63-66,77-78,87-88,101H,4-8,14,24-25,27-33,36-37H2,1-3H3,(H2,76,102)(H,79,105)(H,80,109)(H,81,106)(H,82,107)(H,83,108)(H,84,92)(H,85,104)(H,86,103)(H,93,94)(H,95,96)(H,97,98)(H,99,100)/b15-9+,42-26+/t39-,41+,45+,52-,53+,54-,55+,63+,64-,65-,66+/m1/s1. The van der Waals surface area contributed by atoms with E-state index in [4.69, 9.17) is 10.5 Å². The summed E-state index contributed by atoms with van der Waals surface area (Å²) in [7, 11) is 0. The maximum absolute atomic E-state index is 15.4. The summed E-state index contributed by atoms with van der Waals surface area (Å²) in [5, 5.41) is 90.3. The van der Waals surface area contributed by atoms with Gasteiger partial charge in [0, 0.05) is 77.4 Å². The number of carboxylic acid groups (broad SMARTS) is 4. The number of aromatic nitrogens is 2. The fourth-order valence-electron chi connectivity index (χ4n) is 12.0. The van der Waals surface area contributed by atoms with Gasteiger partial charge in [-0.1, -0.05) is 94.1 Å². The molecule has 3 heterocycles. The molecule has 1 saturated heterocycles. The molecule has 0 bridgehead atoms. The Morgan fingerprint density at radius 1 is 0.640 bits per heavy atom. The summed E-state index contributed by atoms with van der Waals surface area (Å²) < 4.78 is 5.95. The van der Waals surface area contributed by atoms with Gasteiger partial charge in [-0.2, -0.15) is 0 Å². The number of hydrogen-bond acceptors (Lipinski definition) is 21. The highest BCUT2D eigenvalue weighted by Crippen LogP contribution is 2.27. The van der Waals surface area contributed by atoms with Crippen molar-refractivity contribution in [2.45, 2.75) is 172 Å². The number of benzene rings is 3. The first-order chi connectivity index (χ1) is 52.6. The number of phenolic OH excluding ortho intramolecular Hbond substituents is 1. The van der Waals surface area contributed by atoms with E-state index < -0.39 is 249 Å². The van der Waals surface area contributed by atoms with Gasteiger partial charge in [0.15, 0.2) is 23.5 Å². The minimum atomic E-state index is -2.70. The smallest absolute Gasteiger partial charge is 0.334 e. The number of amides is 9. The zero-order valence-electron chi connectivity index (χ0n) is 60.8. The number of aromatic amines is 2. The highest BCUT2D eigenvalue weighted by atomic mass is 16.5. The van der Waals surface area contributed by atoms with E-state index in [9.17, 15) is 103 Å². The largest absolute Gasteiger partial charge is 0.508 e. The quantitative estimate of drug-likeness (QED) is 0.0185. The molecule has 0 saturated carbocycles. The third-order valence-electron chi connectivity index (χ3n) is 18.0. The molecule has 0 unspecified atom stereocenters. The van der Waals surface area contributed by atoms with Gasteiger partial charge < -0.3 is 98.7 Å². The van der Waals surface area contributed by atoms with Crippen molar-refractivity contribution < 1.29 is 122 Å². The number of aliphatic carboxylic acids is 4. The normalized spacial score (nSPS) is 21.8. The number of carbonyl (C=O) groups excluding carboxylic acids is 13. The molecule has 0 radical (unpaired) electrons. The number of fused-ring (bicyclic) bond motifs is 2. The lowest BCUT2D eigenvalue weighted by atomic mass is 9.92. The maximum Gasteiger partial charge on any atom is 0.334 e. The second kappa shape index (κ2) is 42.3. The van der Waals surface area contributed by atoms with Gasteiger partial charge in [-0.05, 0) is 79.6 Å². The van der Waals surface area contributed by atoms with Crippen LogP contribution in [0.2, 0.25) is 0 Å². The zero-order chi connectivity index (χ0) is 81.8. The zero-order valence-corrected chi connectivity index (χ0v) is 60.8. The summed E-state index contributed by atoms with van der Waals surface area (Å²) in [4.78, 5) is 242. The first-order valence-corrected chi connectivity index (χ1v) is 35.5. The molecule has 1 aliphatic rings. The number of primary amides is 1. The van der Waals surface area contributed by atoms with Crippen LogP contribution in [-0.4, -0.2) is 208 Å². The van der Waals surface area contributed by atoms with Gasteiger partial charge >= 0.3 is 29.8 Å². The number of hydrogen-bond donors (Lipinski definition) is 18. The molecule has 111 heavy (non-hydrogen) atoms. The Labute approximate surface area is 633 Å². The molecule has 36 heteroatoms. The summed E-state index contributed by atoms with van der Waals surface area (Å²) in [5.74, 6) is -28.4. The molecule has 0 spiro atoms. The fraction of sp³-hybridized carbons (Fsp3) is 0.427. The van der Waals surface area contributed by atoms with Crippen molar-refractivity contribution in [3.63, 3.8) is 0 Å². The number of aliphatic hydroxyl groups is 2. The molecule has 9 amide bonds. The van der Waals surface area contributed by atoms with E-state index in [1.54, 1.807) is 54.6 Å². The Hall–Kier alpha value is -12.5. The van der Waals surface area contributed by atoms with Gasteiger partial charge in [0.1, 0.15) is 42.1 Å². The average molecular weight is 1550 g/mol. The van der Waals surface area contributed by atoms with Gasteiger partial charge in [0.2, 0.25) is 53.2 Å². The monoisotopic (exact) mass is 1550 g/mol. The lowest BCUT2D eigenvalue weighted by Gasteiger charge is -2.29. The van der Waals surface area contributed by atoms with Crippen molar-refractivity contribution in [3.8, 4) is 5.75 Å². The first kappa shape index (κ1) is 87.4. The van der Waals surface area contributed by atoms with E-state index >= 15 is 14.4 Å². The topological polar surface area (TPSA) is 595 Å². The molecular weight excluding hydrogens is 1450 g/mol. The van der Waals surface area contributed by atoms with Gasteiger partial charge in [-0.3, -0.25) is 76.7 Å². The number of para-hydroxylation sites is 2. The number of aromatic hydroxyl groups is 1. The van der Waals surface area contributed by atoms with Crippen LogP contribution in [0.4, 0.5) is 0 Å². The third-order valence-corrected chi connectivity index (χ3v) is 18.0. The van der Waals surface area contributed by atoms with Crippen molar-refractivity contribution in [1.29, 1.82) is 0 Å². The van der Waals surface area contributed by atoms with Crippen LogP contribution in [0.1, 0.15) is 133 Å². The maximum atomic E-state index is 15.4. The molecule has 11 atom stereocenters. The van der Waals surface area contributed by atoms with Gasteiger partial charge in [-0.15, -0.1) is 0 Å². The average Bonchev–Trinajstić information content (AvgIpc) is 1.71. The van der Waals surface area contributed by atoms with Gasteiger partial charge in [-0.25, -0.2) is 4.79 Å². The number of nitrogens with one attached hydrogen (secondary N) is 10. The number of carbonyl (C=O) groups is 17. The number of unbranched alkanes of at least 4 members (excludes halogenated alkanes) is 4. The molecule has 5 aromatic rings. The molecule has 19 N–H and O–H groups in total. The molecule has 1 aliphatic heterocycles. The number of ether oxygens (including phenoxy) is 1. The van der Waals surface area contributed by atoms with E-state index in [1.165, 1.54) is 18.5 Å². The van der Waals surface area contributed by atoms with Crippen LogP contribution in [-0.2, 0) is 92.7 Å². The van der Waals surface area contributed by atoms with E-state index in [1.807, 2.05) is 10.6 Å². The molecule has 596 valence electrons. The summed E-state index contributed by atoms with van der Waals surface area (Å²) in [5.41, 5.74) is 5.84. The molecule has 3 aromatic carbocycles. The van der Waals surface area contributed by atoms with Crippen LogP contribution >= 0.6 is 0 Å². The molecule has 0 aliphatic carbocycles. The summed E-state index contributed by atoms with van der Waals surface area (Å²) in [6.45, 7) is 2.95. The lowest BCUT2D eigenvalue weighted by molar-refractivity contribution is -0.150. The van der Waals surface area contributed by atoms with Crippen molar-refractivity contribution in [2.24, 2.45) is 23.5 Å². The summed E-state index contributed by atoms with van der Waals surface area (Å²) in [6.07, 6.45) is -2.08. The van der Waals surface area contributed by atoms with Crippen LogP contribution in [0.25, 0.3) is 27.9 Å². The lowest BCUT2D eigenvalue weighted by Crippen LogP contribution is -2.60. The number of esters is 1. The van der Waals surface area contributed by atoms with Crippen molar-refractivity contribution >= 4 is 128 Å². The molecular formula is C75H91N11O25. The van der Waals surface area contributed by atoms with Crippen molar-refractivity contribution in [2.75, 3.05) is 13.2 Å². The highest BCUT2D eigenvalue weighted by Gasteiger charge is 2.41. The van der Waals surface area contributed by atoms with Crippen LogP contribution in [0.15, 0.2) is 103 Å².